The number of hydrogen-bond acceptors (Lipinski definition) is 4. The number of fused-ring (bicyclic) bond motifs is 1. The van der Waals surface area contributed by atoms with Gasteiger partial charge in [0.1, 0.15) is 0 Å². The van der Waals surface area contributed by atoms with Gasteiger partial charge in [-0.2, -0.15) is 0 Å². The van der Waals surface area contributed by atoms with Crippen LogP contribution in [0.5, 0.6) is 0 Å². The van der Waals surface area contributed by atoms with Gasteiger partial charge in [0.2, 0.25) is 5.95 Å². The third-order valence-corrected chi connectivity index (χ3v) is 3.09. The summed E-state index contributed by atoms with van der Waals surface area (Å²) in [6.45, 7) is 3.26. The number of aromatic nitrogens is 2. The lowest BCUT2D eigenvalue weighted by atomic mass is 10.2. The van der Waals surface area contributed by atoms with E-state index in [0.29, 0.717) is 19.0 Å². The van der Waals surface area contributed by atoms with Gasteiger partial charge >= 0.3 is 0 Å². The minimum absolute atomic E-state index is 0.0684. The Morgan fingerprint density at radius 3 is 2.94 bits per heavy atom. The minimum atomic E-state index is -0.0684. The van der Waals surface area contributed by atoms with Crippen LogP contribution in [0.2, 0.25) is 0 Å². The van der Waals surface area contributed by atoms with Crippen LogP contribution in [-0.2, 0) is 13.1 Å². The van der Waals surface area contributed by atoms with Crippen molar-refractivity contribution >= 4 is 11.6 Å². The van der Waals surface area contributed by atoms with E-state index in [2.05, 4.69) is 20.6 Å². The molecule has 0 saturated carbocycles. The summed E-state index contributed by atoms with van der Waals surface area (Å²) < 4.78 is 0. The summed E-state index contributed by atoms with van der Waals surface area (Å²) in [5.74, 6) is 0.497. The summed E-state index contributed by atoms with van der Waals surface area (Å²) in [5, 5.41) is 6.27. The predicted octanol–water partition coefficient (Wildman–Crippen LogP) is 1.43. The Morgan fingerprint density at radius 2 is 2.11 bits per heavy atom. The predicted molar refractivity (Wildman–Crippen MR) is 69.9 cm³/mol. The highest BCUT2D eigenvalue weighted by molar-refractivity contribution is 5.58. The smallest absolute Gasteiger partial charge is 0.257 e. The molecule has 5 nitrogen and oxygen atoms in total. The van der Waals surface area contributed by atoms with E-state index in [1.165, 1.54) is 0 Å². The van der Waals surface area contributed by atoms with E-state index in [9.17, 15) is 4.79 Å². The Hall–Kier alpha value is -2.14. The lowest BCUT2D eigenvalue weighted by Gasteiger charge is -2.09. The first-order valence-electron chi connectivity index (χ1n) is 5.89. The number of aryl methyl sites for hydroxylation is 1. The van der Waals surface area contributed by atoms with Crippen molar-refractivity contribution in [1.82, 2.24) is 15.3 Å². The molecule has 3 N–H and O–H groups in total. The van der Waals surface area contributed by atoms with E-state index in [-0.39, 0.29) is 5.56 Å². The van der Waals surface area contributed by atoms with Crippen LogP contribution in [0.3, 0.4) is 0 Å². The molecular weight excluding hydrogens is 228 g/mol. The monoisotopic (exact) mass is 242 g/mol. The van der Waals surface area contributed by atoms with Crippen LogP contribution >= 0.6 is 0 Å². The molecule has 1 aliphatic heterocycles. The molecule has 1 aromatic carbocycles. The Kier molecular flexibility index (Phi) is 2.60. The second kappa shape index (κ2) is 4.27. The molecule has 0 aliphatic carbocycles. The number of aromatic amines is 1. The van der Waals surface area contributed by atoms with Crippen LogP contribution in [0.1, 0.15) is 16.8 Å². The second-order valence-electron chi connectivity index (χ2n) is 4.38. The quantitative estimate of drug-likeness (QED) is 0.745. The van der Waals surface area contributed by atoms with E-state index in [1.807, 2.05) is 31.2 Å². The summed E-state index contributed by atoms with van der Waals surface area (Å²) in [5.41, 5.74) is 3.56. The molecule has 1 aromatic heterocycles. The van der Waals surface area contributed by atoms with E-state index < -0.39 is 0 Å². The van der Waals surface area contributed by atoms with E-state index >= 15 is 0 Å². The van der Waals surface area contributed by atoms with Crippen LogP contribution in [0.15, 0.2) is 29.1 Å². The zero-order valence-corrected chi connectivity index (χ0v) is 10.1. The first kappa shape index (κ1) is 11.0. The molecule has 3 rings (SSSR count). The molecule has 92 valence electrons. The van der Waals surface area contributed by atoms with Gasteiger partial charge in [0.15, 0.2) is 0 Å². The maximum Gasteiger partial charge on any atom is 0.257 e. The SMILES string of the molecule is Cc1ccccc1Nc1nc2c(c(=O)[nH]1)CNC2. The molecular formula is C13H14N4O. The van der Waals surface area contributed by atoms with Gasteiger partial charge in [-0.05, 0) is 18.6 Å². The van der Waals surface area contributed by atoms with Crippen LogP contribution in [0.25, 0.3) is 0 Å². The number of anilines is 2. The van der Waals surface area contributed by atoms with Crippen molar-refractivity contribution in [2.45, 2.75) is 20.0 Å². The van der Waals surface area contributed by atoms with Crippen LogP contribution in [0, 0.1) is 6.92 Å². The normalized spacial score (nSPS) is 13.4. The van der Waals surface area contributed by atoms with Gasteiger partial charge < -0.3 is 10.6 Å². The summed E-state index contributed by atoms with van der Waals surface area (Å²) in [4.78, 5) is 19.0. The van der Waals surface area contributed by atoms with Crippen molar-refractivity contribution in [2.24, 2.45) is 0 Å². The molecule has 2 aromatic rings. The number of para-hydroxylation sites is 1. The van der Waals surface area contributed by atoms with E-state index in [0.717, 1.165) is 22.5 Å². The third kappa shape index (κ3) is 1.89. The molecule has 0 saturated heterocycles. The molecule has 1 aliphatic rings. The highest BCUT2D eigenvalue weighted by Gasteiger charge is 2.16. The number of H-pyrrole nitrogens is 1. The molecule has 0 unspecified atom stereocenters. The zero-order valence-electron chi connectivity index (χ0n) is 10.1. The Bertz CT molecular complexity index is 648. The minimum Gasteiger partial charge on any atom is -0.325 e. The average Bonchev–Trinajstić information content (AvgIpc) is 2.81. The number of benzene rings is 1. The Morgan fingerprint density at radius 1 is 1.28 bits per heavy atom. The Labute approximate surface area is 104 Å². The number of nitrogens with zero attached hydrogens (tertiary/aromatic N) is 1. The van der Waals surface area contributed by atoms with Crippen molar-refractivity contribution in [3.05, 3.63) is 51.4 Å². The van der Waals surface area contributed by atoms with Gasteiger partial charge in [-0.15, -0.1) is 0 Å². The largest absolute Gasteiger partial charge is 0.325 e. The number of hydrogen-bond donors (Lipinski definition) is 3. The van der Waals surface area contributed by atoms with Crippen LogP contribution in [-0.4, -0.2) is 9.97 Å². The molecule has 5 heteroatoms. The summed E-state index contributed by atoms with van der Waals surface area (Å²) in [6.07, 6.45) is 0. The number of nitrogens with one attached hydrogen (secondary N) is 3. The van der Waals surface area contributed by atoms with Crippen molar-refractivity contribution in [3.8, 4) is 0 Å². The molecule has 0 amide bonds. The standard InChI is InChI=1S/C13H14N4O/c1-8-4-2-3-5-10(8)15-13-16-11-7-14-6-9(11)12(18)17-13/h2-5,14H,6-7H2,1H3,(H2,15,16,17,18). The fourth-order valence-corrected chi connectivity index (χ4v) is 2.08. The fourth-order valence-electron chi connectivity index (χ4n) is 2.08. The maximum absolute atomic E-state index is 11.8. The second-order valence-corrected chi connectivity index (χ2v) is 4.38. The van der Waals surface area contributed by atoms with E-state index in [4.69, 9.17) is 0 Å². The van der Waals surface area contributed by atoms with Crippen molar-refractivity contribution in [2.75, 3.05) is 5.32 Å². The van der Waals surface area contributed by atoms with Gasteiger partial charge in [0.25, 0.3) is 5.56 Å². The molecule has 2 heterocycles. The summed E-state index contributed by atoms with van der Waals surface area (Å²) in [7, 11) is 0. The topological polar surface area (TPSA) is 69.8 Å². The molecule has 18 heavy (non-hydrogen) atoms. The van der Waals surface area contributed by atoms with Gasteiger partial charge in [-0.25, -0.2) is 4.98 Å². The zero-order chi connectivity index (χ0) is 12.5. The lowest BCUT2D eigenvalue weighted by molar-refractivity contribution is 0.757. The lowest BCUT2D eigenvalue weighted by Crippen LogP contribution is -2.16. The molecule has 0 atom stereocenters. The summed E-state index contributed by atoms with van der Waals surface area (Å²) in [6, 6.07) is 7.89. The molecule has 0 bridgehead atoms. The highest BCUT2D eigenvalue weighted by Crippen LogP contribution is 2.18. The van der Waals surface area contributed by atoms with Gasteiger partial charge in [-0.3, -0.25) is 9.78 Å². The van der Waals surface area contributed by atoms with Crippen molar-refractivity contribution in [1.29, 1.82) is 0 Å². The van der Waals surface area contributed by atoms with Gasteiger partial charge in [0, 0.05) is 18.8 Å². The van der Waals surface area contributed by atoms with Gasteiger partial charge in [0.05, 0.1) is 11.3 Å². The number of rotatable bonds is 2. The molecule has 0 spiro atoms. The average molecular weight is 242 g/mol. The van der Waals surface area contributed by atoms with Crippen LogP contribution in [0.4, 0.5) is 11.6 Å². The molecule has 0 radical (unpaired) electrons. The van der Waals surface area contributed by atoms with Gasteiger partial charge in [-0.1, -0.05) is 18.2 Å². The third-order valence-electron chi connectivity index (χ3n) is 3.09. The van der Waals surface area contributed by atoms with Crippen molar-refractivity contribution in [3.63, 3.8) is 0 Å². The fraction of sp³-hybridized carbons (Fsp3) is 0.231. The summed E-state index contributed by atoms with van der Waals surface area (Å²) >= 11 is 0. The molecule has 0 fully saturated rings. The van der Waals surface area contributed by atoms with Crippen LogP contribution < -0.4 is 16.2 Å². The Balaban J connectivity index is 1.97. The first-order valence-corrected chi connectivity index (χ1v) is 5.89. The highest BCUT2D eigenvalue weighted by atomic mass is 16.1. The maximum atomic E-state index is 11.8. The first-order chi connectivity index (χ1) is 8.74. The van der Waals surface area contributed by atoms with E-state index in [1.54, 1.807) is 0 Å². The van der Waals surface area contributed by atoms with Crippen molar-refractivity contribution < 1.29 is 0 Å².